The number of hydrogen-bond acceptors (Lipinski definition) is 6. The Kier molecular flexibility index (Phi) is 7.04. The van der Waals surface area contributed by atoms with E-state index < -0.39 is 18.0 Å². The molecule has 0 radical (unpaired) electrons. The predicted octanol–water partition coefficient (Wildman–Crippen LogP) is 4.89. The summed E-state index contributed by atoms with van der Waals surface area (Å²) >= 11 is 13.0. The smallest absolute Gasteiger partial charge is 0.338 e. The molecule has 0 saturated heterocycles. The highest BCUT2D eigenvalue weighted by Crippen LogP contribution is 2.23. The van der Waals surface area contributed by atoms with Crippen LogP contribution in [0.5, 0.6) is 0 Å². The van der Waals surface area contributed by atoms with Crippen molar-refractivity contribution in [1.29, 1.82) is 0 Å². The van der Waals surface area contributed by atoms with Crippen LogP contribution in [0.4, 0.5) is 11.5 Å². The lowest BCUT2D eigenvalue weighted by atomic mass is 10.2. The number of esters is 1. The molecule has 0 unspecified atom stereocenters. The van der Waals surface area contributed by atoms with Gasteiger partial charge in [0.25, 0.3) is 11.8 Å². The van der Waals surface area contributed by atoms with E-state index in [1.165, 1.54) is 42.7 Å². The van der Waals surface area contributed by atoms with E-state index in [4.69, 9.17) is 27.9 Å². The van der Waals surface area contributed by atoms with Gasteiger partial charge in [-0.3, -0.25) is 9.59 Å². The molecule has 0 saturated carbocycles. The maximum absolute atomic E-state index is 12.4. The Bertz CT molecular complexity index is 1090. The Morgan fingerprint density at radius 2 is 1.90 bits per heavy atom. The highest BCUT2D eigenvalue weighted by Gasteiger charge is 2.21. The average Bonchev–Trinajstić information content (AvgIpc) is 3.25. The van der Waals surface area contributed by atoms with Crippen LogP contribution in [0, 0.1) is 0 Å². The van der Waals surface area contributed by atoms with Gasteiger partial charge in [-0.1, -0.05) is 35.3 Å². The van der Waals surface area contributed by atoms with Crippen LogP contribution < -0.4 is 10.6 Å². The van der Waals surface area contributed by atoms with Gasteiger partial charge < -0.3 is 15.4 Å². The number of carbonyl (C=O) groups excluding carboxylic acids is 3. The van der Waals surface area contributed by atoms with Crippen molar-refractivity contribution in [3.05, 3.63) is 74.5 Å². The summed E-state index contributed by atoms with van der Waals surface area (Å²) in [7, 11) is 0. The highest BCUT2D eigenvalue weighted by molar-refractivity contribution is 7.12. The van der Waals surface area contributed by atoms with Gasteiger partial charge in [0.15, 0.2) is 11.9 Å². The summed E-state index contributed by atoms with van der Waals surface area (Å²) in [5.41, 5.74) is 0.610. The van der Waals surface area contributed by atoms with Gasteiger partial charge in [-0.25, -0.2) is 9.78 Å². The molecule has 2 amide bonds. The Balaban J connectivity index is 1.62. The summed E-state index contributed by atoms with van der Waals surface area (Å²) in [6.07, 6.45) is 0.214. The first-order chi connectivity index (χ1) is 14.3. The third-order valence-electron chi connectivity index (χ3n) is 3.80. The molecule has 3 aromatic rings. The van der Waals surface area contributed by atoms with Crippen LogP contribution in [0.3, 0.4) is 0 Å². The number of anilines is 2. The molecule has 2 N–H and O–H groups in total. The zero-order valence-electron chi connectivity index (χ0n) is 15.5. The van der Waals surface area contributed by atoms with Crippen LogP contribution >= 0.6 is 34.5 Å². The average molecular weight is 464 g/mol. The van der Waals surface area contributed by atoms with Gasteiger partial charge in [0.05, 0.1) is 20.5 Å². The van der Waals surface area contributed by atoms with E-state index in [0.29, 0.717) is 15.6 Å². The number of hydrogen-bond donors (Lipinski definition) is 2. The minimum Gasteiger partial charge on any atom is -0.449 e. The Morgan fingerprint density at radius 1 is 1.10 bits per heavy atom. The molecule has 154 valence electrons. The molecule has 1 aromatic carbocycles. The topological polar surface area (TPSA) is 97.4 Å². The molecular formula is C20H15Cl2N3O4S. The standard InChI is InChI=1S/C20H15Cl2N3O4S/c1-11(18(26)25-17-15(22)9-13(21)10-23-17)29-20(28)12-4-2-5-14(8-12)24-19(27)16-6-3-7-30-16/h2-11H,1H3,(H,24,27)(H,23,25,26)/t11-/m1/s1. The maximum Gasteiger partial charge on any atom is 0.338 e. The molecule has 3 rings (SSSR count). The Labute approximate surface area is 186 Å². The van der Waals surface area contributed by atoms with Gasteiger partial charge in [-0.15, -0.1) is 11.3 Å². The number of benzene rings is 1. The minimum atomic E-state index is -1.12. The summed E-state index contributed by atoms with van der Waals surface area (Å²) in [5, 5.41) is 7.46. The zero-order chi connectivity index (χ0) is 21.7. The number of rotatable bonds is 6. The second-order valence-electron chi connectivity index (χ2n) is 6.03. The van der Waals surface area contributed by atoms with Crippen LogP contribution in [-0.2, 0) is 9.53 Å². The summed E-state index contributed by atoms with van der Waals surface area (Å²) in [4.78, 5) is 41.3. The number of nitrogens with zero attached hydrogens (tertiary/aromatic N) is 1. The van der Waals surface area contributed by atoms with Crippen molar-refractivity contribution in [1.82, 2.24) is 4.98 Å². The number of aromatic nitrogens is 1. The van der Waals surface area contributed by atoms with Crippen molar-refractivity contribution >= 4 is 63.8 Å². The quantitative estimate of drug-likeness (QED) is 0.507. The lowest BCUT2D eigenvalue weighted by molar-refractivity contribution is -0.123. The van der Waals surface area contributed by atoms with Crippen molar-refractivity contribution in [2.24, 2.45) is 0 Å². The van der Waals surface area contributed by atoms with E-state index in [9.17, 15) is 14.4 Å². The minimum absolute atomic E-state index is 0.104. The van der Waals surface area contributed by atoms with Crippen molar-refractivity contribution in [3.63, 3.8) is 0 Å². The fraction of sp³-hybridized carbons (Fsp3) is 0.100. The van der Waals surface area contributed by atoms with Crippen LogP contribution in [-0.4, -0.2) is 28.9 Å². The normalized spacial score (nSPS) is 11.4. The van der Waals surface area contributed by atoms with Crippen LogP contribution in [0.25, 0.3) is 0 Å². The Morgan fingerprint density at radius 3 is 2.60 bits per heavy atom. The summed E-state index contributed by atoms with van der Waals surface area (Å²) < 4.78 is 5.21. The number of thiophene rings is 1. The first kappa shape index (κ1) is 21.8. The predicted molar refractivity (Wildman–Crippen MR) is 116 cm³/mol. The van der Waals surface area contributed by atoms with Gasteiger partial charge >= 0.3 is 5.97 Å². The molecule has 0 spiro atoms. The molecule has 0 aliphatic carbocycles. The number of ether oxygens (including phenoxy) is 1. The SMILES string of the molecule is C[C@@H](OC(=O)c1cccc(NC(=O)c2cccs2)c1)C(=O)Nc1ncc(Cl)cc1Cl. The maximum atomic E-state index is 12.4. The fourth-order valence-corrected chi connectivity index (χ4v) is 3.38. The molecule has 2 heterocycles. The van der Waals surface area contributed by atoms with Crippen molar-refractivity contribution in [2.45, 2.75) is 13.0 Å². The number of carbonyl (C=O) groups is 3. The Hall–Kier alpha value is -2.94. The summed E-state index contributed by atoms with van der Waals surface area (Å²) in [6.45, 7) is 1.42. The van der Waals surface area contributed by atoms with Crippen LogP contribution in [0.1, 0.15) is 27.0 Å². The number of nitrogens with one attached hydrogen (secondary N) is 2. The number of halogens is 2. The van der Waals surface area contributed by atoms with Crippen LogP contribution in [0.15, 0.2) is 54.0 Å². The van der Waals surface area contributed by atoms with E-state index >= 15 is 0 Å². The fourth-order valence-electron chi connectivity index (χ4n) is 2.33. The molecule has 0 bridgehead atoms. The molecule has 0 aliphatic rings. The van der Waals surface area contributed by atoms with Gasteiger partial charge in [-0.05, 0) is 42.6 Å². The molecule has 7 nitrogen and oxygen atoms in total. The van der Waals surface area contributed by atoms with Crippen molar-refractivity contribution in [3.8, 4) is 0 Å². The third kappa shape index (κ3) is 5.56. The van der Waals surface area contributed by atoms with Crippen molar-refractivity contribution in [2.75, 3.05) is 10.6 Å². The molecule has 0 aliphatic heterocycles. The van der Waals surface area contributed by atoms with E-state index in [-0.39, 0.29) is 22.3 Å². The molecule has 2 aromatic heterocycles. The van der Waals surface area contributed by atoms with E-state index in [2.05, 4.69) is 15.6 Å². The third-order valence-corrected chi connectivity index (χ3v) is 5.17. The van der Waals surface area contributed by atoms with Gasteiger partial charge in [0, 0.05) is 11.9 Å². The highest BCUT2D eigenvalue weighted by atomic mass is 35.5. The monoisotopic (exact) mass is 463 g/mol. The van der Waals surface area contributed by atoms with Crippen molar-refractivity contribution < 1.29 is 19.1 Å². The largest absolute Gasteiger partial charge is 0.449 e. The molecule has 1 atom stereocenters. The van der Waals surface area contributed by atoms with E-state index in [1.807, 2.05) is 0 Å². The molecule has 30 heavy (non-hydrogen) atoms. The van der Waals surface area contributed by atoms with Crippen LogP contribution in [0.2, 0.25) is 10.0 Å². The summed E-state index contributed by atoms with van der Waals surface area (Å²) in [5.74, 6) is -1.51. The number of pyridine rings is 1. The van der Waals surface area contributed by atoms with Gasteiger partial charge in [0.2, 0.25) is 0 Å². The van der Waals surface area contributed by atoms with E-state index in [1.54, 1.807) is 29.6 Å². The van der Waals surface area contributed by atoms with Gasteiger partial charge in [0.1, 0.15) is 0 Å². The lowest BCUT2D eigenvalue weighted by Crippen LogP contribution is -2.30. The molecule has 10 heteroatoms. The first-order valence-electron chi connectivity index (χ1n) is 8.61. The second kappa shape index (κ2) is 9.71. The van der Waals surface area contributed by atoms with Gasteiger partial charge in [-0.2, -0.15) is 0 Å². The number of amides is 2. The summed E-state index contributed by atoms with van der Waals surface area (Å²) in [6, 6.07) is 11.1. The first-order valence-corrected chi connectivity index (χ1v) is 10.2. The lowest BCUT2D eigenvalue weighted by Gasteiger charge is -2.14. The molecule has 0 fully saturated rings. The zero-order valence-corrected chi connectivity index (χ0v) is 17.8. The second-order valence-corrected chi connectivity index (χ2v) is 7.82. The molecular weight excluding hydrogens is 449 g/mol. The van der Waals surface area contributed by atoms with E-state index in [0.717, 1.165) is 0 Å².